The largest absolute Gasteiger partial charge is 0.448 e. The van der Waals surface area contributed by atoms with Crippen molar-refractivity contribution in [2.45, 2.75) is 13.0 Å². The SMILES string of the molecule is CC(OC(=O)c1cc2sc3ccccc3c2s1)C(=O)Nc1ccc(C(N)=O)cc1. The van der Waals surface area contributed by atoms with Crippen LogP contribution in [0.25, 0.3) is 19.5 Å². The van der Waals surface area contributed by atoms with Gasteiger partial charge in [0.05, 0.1) is 4.70 Å². The van der Waals surface area contributed by atoms with Crippen molar-refractivity contribution in [1.29, 1.82) is 0 Å². The monoisotopic (exact) mass is 424 g/mol. The second kappa shape index (κ2) is 7.65. The summed E-state index contributed by atoms with van der Waals surface area (Å²) in [6.07, 6.45) is -0.977. The highest BCUT2D eigenvalue weighted by molar-refractivity contribution is 7.33. The summed E-state index contributed by atoms with van der Waals surface area (Å²) in [4.78, 5) is 36.4. The number of fused-ring (bicyclic) bond motifs is 3. The number of nitrogens with two attached hydrogens (primary N) is 1. The molecule has 0 saturated carbocycles. The van der Waals surface area contributed by atoms with Crippen LogP contribution in [0, 0.1) is 0 Å². The third-order valence-corrected chi connectivity index (χ3v) is 6.74. The predicted octanol–water partition coefficient (Wildman–Crippen LogP) is 4.40. The Kier molecular flexibility index (Phi) is 5.04. The first-order chi connectivity index (χ1) is 13.9. The summed E-state index contributed by atoms with van der Waals surface area (Å²) in [5, 5.41) is 3.76. The fourth-order valence-electron chi connectivity index (χ4n) is 2.83. The molecule has 2 aromatic heterocycles. The number of anilines is 1. The number of hydrogen-bond donors (Lipinski definition) is 2. The summed E-state index contributed by atoms with van der Waals surface area (Å²) in [6.45, 7) is 1.51. The van der Waals surface area contributed by atoms with E-state index in [0.29, 0.717) is 16.1 Å². The van der Waals surface area contributed by atoms with Crippen LogP contribution in [0.3, 0.4) is 0 Å². The molecule has 0 aliphatic carbocycles. The fourth-order valence-corrected chi connectivity index (χ4v) is 5.24. The Morgan fingerprint density at radius 2 is 1.72 bits per heavy atom. The Balaban J connectivity index is 1.43. The average molecular weight is 425 g/mol. The van der Waals surface area contributed by atoms with Gasteiger partial charge in [0.15, 0.2) is 6.10 Å². The standard InChI is InChI=1S/C21H16N2O4S2/c1-11(20(25)23-13-8-6-12(7-9-13)19(22)24)27-21(26)17-10-16-18(29-17)14-4-2-3-5-15(14)28-16/h2-11H,1H3,(H2,22,24)(H,23,25). The van der Waals surface area contributed by atoms with Gasteiger partial charge in [0.2, 0.25) is 5.91 Å². The molecule has 146 valence electrons. The van der Waals surface area contributed by atoms with Crippen LogP contribution in [0.15, 0.2) is 54.6 Å². The Morgan fingerprint density at radius 3 is 2.45 bits per heavy atom. The number of nitrogens with one attached hydrogen (secondary N) is 1. The van der Waals surface area contributed by atoms with Crippen LogP contribution >= 0.6 is 22.7 Å². The number of amides is 2. The molecule has 2 aromatic carbocycles. The van der Waals surface area contributed by atoms with Crippen molar-refractivity contribution in [3.63, 3.8) is 0 Å². The Bertz CT molecular complexity index is 1240. The molecule has 0 radical (unpaired) electrons. The van der Waals surface area contributed by atoms with Crippen molar-refractivity contribution in [1.82, 2.24) is 0 Å². The van der Waals surface area contributed by atoms with Gasteiger partial charge < -0.3 is 15.8 Å². The average Bonchev–Trinajstić information content (AvgIpc) is 3.26. The summed E-state index contributed by atoms with van der Waals surface area (Å²) in [5.74, 6) is -1.54. The Hall–Kier alpha value is -3.23. The van der Waals surface area contributed by atoms with Gasteiger partial charge in [-0.25, -0.2) is 4.79 Å². The Morgan fingerprint density at radius 1 is 1.00 bits per heavy atom. The van der Waals surface area contributed by atoms with Gasteiger partial charge in [-0.1, -0.05) is 18.2 Å². The van der Waals surface area contributed by atoms with Crippen LogP contribution in [-0.2, 0) is 9.53 Å². The summed E-state index contributed by atoms with van der Waals surface area (Å²) < 4.78 is 8.57. The third kappa shape index (κ3) is 3.85. The number of esters is 1. The Labute approximate surface area is 173 Å². The molecule has 2 heterocycles. The first kappa shape index (κ1) is 19.1. The molecular weight excluding hydrogens is 408 g/mol. The molecule has 0 bridgehead atoms. The molecule has 4 rings (SSSR count). The topological polar surface area (TPSA) is 98.5 Å². The van der Waals surface area contributed by atoms with E-state index in [-0.39, 0.29) is 0 Å². The van der Waals surface area contributed by atoms with E-state index in [4.69, 9.17) is 10.5 Å². The summed E-state index contributed by atoms with van der Waals surface area (Å²) in [7, 11) is 0. The van der Waals surface area contributed by atoms with Crippen LogP contribution in [0.5, 0.6) is 0 Å². The quantitative estimate of drug-likeness (QED) is 0.464. The van der Waals surface area contributed by atoms with Crippen molar-refractivity contribution < 1.29 is 19.1 Å². The summed E-state index contributed by atoms with van der Waals surface area (Å²) >= 11 is 2.98. The third-order valence-electron chi connectivity index (χ3n) is 4.34. The number of thiophene rings is 2. The van der Waals surface area contributed by atoms with E-state index < -0.39 is 23.9 Å². The van der Waals surface area contributed by atoms with Gasteiger partial charge >= 0.3 is 5.97 Å². The highest BCUT2D eigenvalue weighted by Crippen LogP contribution is 2.39. The van der Waals surface area contributed by atoms with E-state index in [1.165, 1.54) is 35.1 Å². The number of carbonyl (C=O) groups excluding carboxylic acids is 3. The van der Waals surface area contributed by atoms with E-state index in [1.54, 1.807) is 29.5 Å². The number of ether oxygens (including phenoxy) is 1. The molecule has 3 N–H and O–H groups in total. The van der Waals surface area contributed by atoms with Crippen LogP contribution in [-0.4, -0.2) is 23.9 Å². The lowest BCUT2D eigenvalue weighted by Gasteiger charge is -2.13. The van der Waals surface area contributed by atoms with E-state index in [0.717, 1.165) is 14.8 Å². The molecule has 0 aliphatic heterocycles. The van der Waals surface area contributed by atoms with Crippen molar-refractivity contribution in [3.05, 3.63) is 65.0 Å². The molecule has 1 unspecified atom stereocenters. The minimum absolute atomic E-state index is 0.340. The zero-order valence-corrected chi connectivity index (χ0v) is 16.9. The van der Waals surface area contributed by atoms with Gasteiger partial charge in [0, 0.05) is 26.0 Å². The van der Waals surface area contributed by atoms with Crippen LogP contribution < -0.4 is 11.1 Å². The second-order valence-electron chi connectivity index (χ2n) is 6.38. The first-order valence-electron chi connectivity index (χ1n) is 8.75. The maximum atomic E-state index is 12.5. The highest BCUT2D eigenvalue weighted by Gasteiger charge is 2.21. The number of hydrogen-bond acceptors (Lipinski definition) is 6. The molecule has 0 saturated heterocycles. The molecule has 0 aliphatic rings. The number of carbonyl (C=O) groups is 3. The molecular formula is C21H16N2O4S2. The molecule has 8 heteroatoms. The molecule has 0 spiro atoms. The summed E-state index contributed by atoms with van der Waals surface area (Å²) in [5.41, 5.74) is 6.01. The molecule has 1 atom stereocenters. The highest BCUT2D eigenvalue weighted by atomic mass is 32.1. The smallest absolute Gasteiger partial charge is 0.349 e. The molecule has 4 aromatic rings. The lowest BCUT2D eigenvalue weighted by atomic mass is 10.2. The number of primary amides is 1. The maximum Gasteiger partial charge on any atom is 0.349 e. The van der Waals surface area contributed by atoms with Crippen LogP contribution in [0.2, 0.25) is 0 Å². The minimum Gasteiger partial charge on any atom is -0.448 e. The lowest BCUT2D eigenvalue weighted by molar-refractivity contribution is -0.123. The van der Waals surface area contributed by atoms with E-state index in [2.05, 4.69) is 5.32 Å². The zero-order valence-electron chi connectivity index (χ0n) is 15.3. The summed E-state index contributed by atoms with van der Waals surface area (Å²) in [6, 6.07) is 16.0. The first-order valence-corrected chi connectivity index (χ1v) is 10.4. The minimum atomic E-state index is -0.977. The van der Waals surface area contributed by atoms with Gasteiger partial charge in [0.1, 0.15) is 4.88 Å². The molecule has 29 heavy (non-hydrogen) atoms. The van der Waals surface area contributed by atoms with Gasteiger partial charge in [0.25, 0.3) is 5.91 Å². The van der Waals surface area contributed by atoms with Crippen molar-refractivity contribution >= 4 is 65.6 Å². The fraction of sp³-hybridized carbons (Fsp3) is 0.0952. The van der Waals surface area contributed by atoms with Crippen LogP contribution in [0.1, 0.15) is 27.0 Å². The number of benzene rings is 2. The molecule has 0 fully saturated rings. The van der Waals surface area contributed by atoms with Crippen molar-refractivity contribution in [2.24, 2.45) is 5.73 Å². The second-order valence-corrected chi connectivity index (χ2v) is 8.52. The normalized spacial score (nSPS) is 12.0. The maximum absolute atomic E-state index is 12.5. The number of rotatable bonds is 5. The van der Waals surface area contributed by atoms with E-state index in [9.17, 15) is 14.4 Å². The van der Waals surface area contributed by atoms with E-state index >= 15 is 0 Å². The van der Waals surface area contributed by atoms with Crippen molar-refractivity contribution in [3.8, 4) is 0 Å². The van der Waals surface area contributed by atoms with Gasteiger partial charge in [-0.3, -0.25) is 9.59 Å². The van der Waals surface area contributed by atoms with Gasteiger partial charge in [-0.2, -0.15) is 0 Å². The van der Waals surface area contributed by atoms with Crippen molar-refractivity contribution in [2.75, 3.05) is 5.32 Å². The van der Waals surface area contributed by atoms with Gasteiger partial charge in [-0.15, -0.1) is 22.7 Å². The predicted molar refractivity (Wildman–Crippen MR) is 116 cm³/mol. The lowest BCUT2D eigenvalue weighted by Crippen LogP contribution is -2.29. The van der Waals surface area contributed by atoms with E-state index in [1.807, 2.05) is 24.3 Å². The van der Waals surface area contributed by atoms with Crippen LogP contribution in [0.4, 0.5) is 5.69 Å². The van der Waals surface area contributed by atoms with Gasteiger partial charge in [-0.05, 0) is 43.3 Å². The molecule has 6 nitrogen and oxygen atoms in total. The molecule has 2 amide bonds. The zero-order chi connectivity index (χ0) is 20.5.